The van der Waals surface area contributed by atoms with Crippen molar-refractivity contribution in [3.05, 3.63) is 20.3 Å². The lowest BCUT2D eigenvalue weighted by molar-refractivity contribution is 0.102. The van der Waals surface area contributed by atoms with Gasteiger partial charge in [-0.05, 0) is 40.7 Å². The van der Waals surface area contributed by atoms with Crippen LogP contribution >= 0.6 is 39.0 Å². The van der Waals surface area contributed by atoms with Crippen molar-refractivity contribution in [2.45, 2.75) is 6.92 Å². The normalized spacial score (nSPS) is 10.2. The Hall–Kier alpha value is 0.200. The molecule has 4 heteroatoms. The molecule has 1 heterocycles. The lowest BCUT2D eigenvalue weighted by Crippen LogP contribution is -1.98. The highest BCUT2D eigenvalue weighted by molar-refractivity contribution is 9.11. The number of ketones is 1. The molecular weight excluding hydrogens is 256 g/mol. The first-order valence-electron chi connectivity index (χ1n) is 3.43. The lowest BCUT2D eigenvalue weighted by Gasteiger charge is -1.91. The van der Waals surface area contributed by atoms with Crippen LogP contribution in [-0.2, 0) is 0 Å². The van der Waals surface area contributed by atoms with Gasteiger partial charge in [0.05, 0.1) is 14.4 Å². The fraction of sp³-hybridized carbons (Fsp3) is 0.375. The second-order valence-electron chi connectivity index (χ2n) is 2.42. The summed E-state index contributed by atoms with van der Waals surface area (Å²) in [5.41, 5.74) is 1.14. The number of thioether (sulfide) groups is 1. The molecule has 1 nitrogen and oxygen atoms in total. The van der Waals surface area contributed by atoms with Crippen LogP contribution in [0.4, 0.5) is 0 Å². The van der Waals surface area contributed by atoms with E-state index in [0.29, 0.717) is 5.75 Å². The van der Waals surface area contributed by atoms with Crippen molar-refractivity contribution in [3.63, 3.8) is 0 Å². The van der Waals surface area contributed by atoms with Crippen LogP contribution in [0.1, 0.15) is 15.2 Å². The predicted molar refractivity (Wildman–Crippen MR) is 59.5 cm³/mol. The molecule has 12 heavy (non-hydrogen) atoms. The summed E-state index contributed by atoms with van der Waals surface area (Å²) < 4.78 is 1.06. The van der Waals surface area contributed by atoms with Gasteiger partial charge in [0.15, 0.2) is 5.78 Å². The molecule has 0 spiro atoms. The molecule has 0 amide bonds. The van der Waals surface area contributed by atoms with Crippen LogP contribution in [0.5, 0.6) is 0 Å². The van der Waals surface area contributed by atoms with E-state index in [9.17, 15) is 4.79 Å². The van der Waals surface area contributed by atoms with Crippen molar-refractivity contribution < 1.29 is 4.79 Å². The molecule has 0 fully saturated rings. The van der Waals surface area contributed by atoms with Crippen LogP contribution in [0.15, 0.2) is 9.85 Å². The second kappa shape index (κ2) is 4.44. The molecule has 0 aliphatic heterocycles. The third kappa shape index (κ3) is 2.34. The number of Topliss-reactive ketones (excluding diaryl/α,β-unsaturated/α-hetero) is 1. The van der Waals surface area contributed by atoms with Crippen LogP contribution in [0.25, 0.3) is 0 Å². The quantitative estimate of drug-likeness (QED) is 0.779. The third-order valence-corrected chi connectivity index (χ3v) is 4.14. The minimum Gasteiger partial charge on any atom is -0.292 e. The average molecular weight is 265 g/mol. The number of thiophene rings is 1. The summed E-state index contributed by atoms with van der Waals surface area (Å²) in [6, 6.07) is 1.94. The molecular formula is C8H9BrOS2. The smallest absolute Gasteiger partial charge is 0.182 e. The predicted octanol–water partition coefficient (Wildman–Crippen LogP) is 3.36. The molecule has 0 saturated carbocycles. The van der Waals surface area contributed by atoms with E-state index < -0.39 is 0 Å². The van der Waals surface area contributed by atoms with E-state index >= 15 is 0 Å². The number of halogens is 1. The Kier molecular flexibility index (Phi) is 3.80. The summed E-state index contributed by atoms with van der Waals surface area (Å²) >= 11 is 6.47. The number of aryl methyl sites for hydroxylation is 1. The Bertz CT molecular complexity index is 274. The fourth-order valence-electron chi connectivity index (χ4n) is 0.800. The maximum Gasteiger partial charge on any atom is 0.182 e. The minimum absolute atomic E-state index is 0.223. The van der Waals surface area contributed by atoms with Crippen LogP contribution in [-0.4, -0.2) is 17.8 Å². The Balaban J connectivity index is 2.82. The van der Waals surface area contributed by atoms with Crippen LogP contribution in [0.2, 0.25) is 0 Å². The summed E-state index contributed by atoms with van der Waals surface area (Å²) in [5.74, 6) is 0.799. The molecule has 0 unspecified atom stereocenters. The molecule has 0 N–H and O–H groups in total. The maximum atomic E-state index is 11.4. The van der Waals surface area contributed by atoms with Crippen molar-refractivity contribution in [2.75, 3.05) is 12.0 Å². The summed E-state index contributed by atoms with van der Waals surface area (Å²) in [6.07, 6.45) is 1.94. The summed E-state index contributed by atoms with van der Waals surface area (Å²) in [7, 11) is 0. The Morgan fingerprint density at radius 3 is 2.83 bits per heavy atom. The summed E-state index contributed by atoms with van der Waals surface area (Å²) in [4.78, 5) is 12.2. The number of carbonyl (C=O) groups excluding carboxylic acids is 1. The van der Waals surface area contributed by atoms with E-state index in [4.69, 9.17) is 0 Å². The van der Waals surface area contributed by atoms with Gasteiger partial charge < -0.3 is 0 Å². The molecule has 0 atom stereocenters. The fourth-order valence-corrected chi connectivity index (χ4v) is 2.78. The average Bonchev–Trinajstić information content (AvgIpc) is 2.33. The first-order valence-corrected chi connectivity index (χ1v) is 6.43. The van der Waals surface area contributed by atoms with Crippen LogP contribution in [0.3, 0.4) is 0 Å². The highest BCUT2D eigenvalue weighted by Gasteiger charge is 2.09. The van der Waals surface area contributed by atoms with Crippen molar-refractivity contribution in [1.82, 2.24) is 0 Å². The van der Waals surface area contributed by atoms with E-state index in [0.717, 1.165) is 14.2 Å². The number of hydrogen-bond donors (Lipinski definition) is 0. The van der Waals surface area contributed by atoms with E-state index in [-0.39, 0.29) is 5.78 Å². The van der Waals surface area contributed by atoms with Gasteiger partial charge in [0.2, 0.25) is 0 Å². The summed E-state index contributed by atoms with van der Waals surface area (Å²) in [5, 5.41) is 0. The van der Waals surface area contributed by atoms with Crippen molar-refractivity contribution in [1.29, 1.82) is 0 Å². The maximum absolute atomic E-state index is 11.4. The highest BCUT2D eigenvalue weighted by Crippen LogP contribution is 2.27. The second-order valence-corrected chi connectivity index (χ2v) is 5.66. The first kappa shape index (κ1) is 10.3. The molecule has 66 valence electrons. The first-order chi connectivity index (χ1) is 5.65. The number of hydrogen-bond acceptors (Lipinski definition) is 3. The number of carbonyl (C=O) groups is 1. The largest absolute Gasteiger partial charge is 0.292 e. The monoisotopic (exact) mass is 264 g/mol. The molecule has 1 aromatic rings. The molecule has 0 bridgehead atoms. The Morgan fingerprint density at radius 2 is 2.42 bits per heavy atom. The molecule has 0 radical (unpaired) electrons. The molecule has 0 aromatic carbocycles. The van der Waals surface area contributed by atoms with Gasteiger partial charge >= 0.3 is 0 Å². The molecule has 0 aliphatic carbocycles. The molecule has 0 aliphatic rings. The standard InChI is InChI=1S/C8H9BrOS2/c1-5-3-7(12-8(5)9)6(10)4-11-2/h3H,4H2,1-2H3. The minimum atomic E-state index is 0.223. The Morgan fingerprint density at radius 1 is 1.75 bits per heavy atom. The van der Waals surface area contributed by atoms with Gasteiger partial charge in [0.1, 0.15) is 0 Å². The van der Waals surface area contributed by atoms with Crippen LogP contribution < -0.4 is 0 Å². The third-order valence-electron chi connectivity index (χ3n) is 1.41. The van der Waals surface area contributed by atoms with E-state index in [1.165, 1.54) is 11.3 Å². The Labute approximate surface area is 88.7 Å². The zero-order valence-electron chi connectivity index (χ0n) is 6.89. The molecule has 1 aromatic heterocycles. The van der Waals surface area contributed by atoms with Gasteiger partial charge in [-0.15, -0.1) is 11.3 Å². The van der Waals surface area contributed by atoms with Gasteiger partial charge in [-0.3, -0.25) is 4.79 Å². The van der Waals surface area contributed by atoms with E-state index in [2.05, 4.69) is 15.9 Å². The zero-order chi connectivity index (χ0) is 9.14. The highest BCUT2D eigenvalue weighted by atomic mass is 79.9. The van der Waals surface area contributed by atoms with Gasteiger partial charge in [-0.1, -0.05) is 0 Å². The van der Waals surface area contributed by atoms with Crippen LogP contribution in [0, 0.1) is 6.92 Å². The summed E-state index contributed by atoms with van der Waals surface area (Å²) in [6.45, 7) is 2.00. The van der Waals surface area contributed by atoms with Gasteiger partial charge in [0.25, 0.3) is 0 Å². The topological polar surface area (TPSA) is 17.1 Å². The SMILES string of the molecule is CSCC(=O)c1cc(C)c(Br)s1. The van der Waals surface area contributed by atoms with Gasteiger partial charge in [-0.2, -0.15) is 11.8 Å². The van der Waals surface area contributed by atoms with Crippen molar-refractivity contribution in [3.8, 4) is 0 Å². The molecule has 1 rings (SSSR count). The van der Waals surface area contributed by atoms with E-state index in [1.54, 1.807) is 11.8 Å². The molecule has 0 saturated heterocycles. The van der Waals surface area contributed by atoms with Gasteiger partial charge in [-0.25, -0.2) is 0 Å². The van der Waals surface area contributed by atoms with E-state index in [1.807, 2.05) is 19.2 Å². The van der Waals surface area contributed by atoms with Crippen molar-refractivity contribution in [2.24, 2.45) is 0 Å². The zero-order valence-corrected chi connectivity index (χ0v) is 10.1. The van der Waals surface area contributed by atoms with Gasteiger partial charge in [0, 0.05) is 0 Å². The van der Waals surface area contributed by atoms with Crippen molar-refractivity contribution >= 4 is 44.8 Å². The number of rotatable bonds is 3. The lowest BCUT2D eigenvalue weighted by atomic mass is 10.3.